The average molecular weight is 246 g/mol. The van der Waals surface area contributed by atoms with Crippen molar-refractivity contribution in [1.29, 1.82) is 5.26 Å². The van der Waals surface area contributed by atoms with Gasteiger partial charge in [-0.1, -0.05) is 11.6 Å². The molecule has 0 amide bonds. The second-order valence-corrected chi connectivity index (χ2v) is 3.70. The third-order valence-electron chi connectivity index (χ3n) is 1.99. The van der Waals surface area contributed by atoms with E-state index in [1.54, 1.807) is 31.2 Å². The SMILES string of the molecule is Cc1nc(Cl)cc(Oc2ccc(C#N)cc2)n1. The highest BCUT2D eigenvalue weighted by atomic mass is 35.5. The van der Waals surface area contributed by atoms with Crippen molar-refractivity contribution in [2.75, 3.05) is 0 Å². The minimum Gasteiger partial charge on any atom is -0.439 e. The van der Waals surface area contributed by atoms with Crippen molar-refractivity contribution in [2.45, 2.75) is 6.92 Å². The fourth-order valence-corrected chi connectivity index (χ4v) is 1.49. The van der Waals surface area contributed by atoms with E-state index in [1.807, 2.05) is 6.07 Å². The number of halogens is 1. The summed E-state index contributed by atoms with van der Waals surface area (Å²) in [6, 6.07) is 10.3. The topological polar surface area (TPSA) is 58.8 Å². The number of aryl methyl sites for hydroxylation is 1. The molecule has 1 heterocycles. The maximum Gasteiger partial charge on any atom is 0.224 e. The predicted octanol–water partition coefficient (Wildman–Crippen LogP) is 3.10. The summed E-state index contributed by atoms with van der Waals surface area (Å²) >= 11 is 5.79. The lowest BCUT2D eigenvalue weighted by atomic mass is 10.2. The van der Waals surface area contributed by atoms with Crippen molar-refractivity contribution < 1.29 is 4.74 Å². The molecule has 1 aromatic heterocycles. The van der Waals surface area contributed by atoms with Crippen molar-refractivity contribution in [3.05, 3.63) is 46.9 Å². The van der Waals surface area contributed by atoms with E-state index in [-0.39, 0.29) is 0 Å². The highest BCUT2D eigenvalue weighted by Crippen LogP contribution is 2.21. The summed E-state index contributed by atoms with van der Waals surface area (Å²) in [5.74, 6) is 1.52. The summed E-state index contributed by atoms with van der Waals surface area (Å²) in [7, 11) is 0. The van der Waals surface area contributed by atoms with E-state index in [9.17, 15) is 0 Å². The van der Waals surface area contributed by atoms with Gasteiger partial charge in [-0.05, 0) is 31.2 Å². The minimum atomic E-state index is 0.334. The average Bonchev–Trinajstić information content (AvgIpc) is 2.28. The van der Waals surface area contributed by atoms with Crippen LogP contribution in [0.3, 0.4) is 0 Å². The van der Waals surface area contributed by atoms with Gasteiger partial charge in [0, 0.05) is 6.07 Å². The zero-order valence-corrected chi connectivity index (χ0v) is 9.77. The molecule has 2 rings (SSSR count). The number of rotatable bonds is 2. The molecule has 0 N–H and O–H groups in total. The lowest BCUT2D eigenvalue weighted by Gasteiger charge is -2.05. The Balaban J connectivity index is 2.22. The Kier molecular flexibility index (Phi) is 3.22. The van der Waals surface area contributed by atoms with Gasteiger partial charge in [0.1, 0.15) is 16.7 Å². The van der Waals surface area contributed by atoms with Crippen molar-refractivity contribution in [1.82, 2.24) is 9.97 Å². The van der Waals surface area contributed by atoms with Crippen LogP contribution in [-0.2, 0) is 0 Å². The molecule has 0 aliphatic rings. The Morgan fingerprint density at radius 3 is 2.53 bits per heavy atom. The van der Waals surface area contributed by atoms with Gasteiger partial charge in [-0.3, -0.25) is 0 Å². The van der Waals surface area contributed by atoms with Crippen LogP contribution in [0.4, 0.5) is 0 Å². The molecule has 0 bridgehead atoms. The van der Waals surface area contributed by atoms with E-state index in [0.717, 1.165) is 0 Å². The predicted molar refractivity (Wildman–Crippen MR) is 63.0 cm³/mol. The first-order valence-electron chi connectivity index (χ1n) is 4.86. The molecule has 0 aliphatic heterocycles. The molecule has 0 spiro atoms. The standard InChI is InChI=1S/C12H8ClN3O/c1-8-15-11(13)6-12(16-8)17-10-4-2-9(7-14)3-5-10/h2-6H,1H3. The number of ether oxygens (including phenoxy) is 1. The molecule has 0 saturated carbocycles. The van der Waals surface area contributed by atoms with Crippen LogP contribution in [0, 0.1) is 18.3 Å². The zero-order chi connectivity index (χ0) is 12.3. The van der Waals surface area contributed by atoms with Crippen LogP contribution in [-0.4, -0.2) is 9.97 Å². The molecule has 0 atom stereocenters. The molecule has 1 aromatic carbocycles. The van der Waals surface area contributed by atoms with Crippen LogP contribution in [0.25, 0.3) is 0 Å². The smallest absolute Gasteiger partial charge is 0.224 e. The van der Waals surface area contributed by atoms with Crippen molar-refractivity contribution >= 4 is 11.6 Å². The van der Waals surface area contributed by atoms with E-state index >= 15 is 0 Å². The molecule has 5 heteroatoms. The first kappa shape index (κ1) is 11.4. The number of hydrogen-bond donors (Lipinski definition) is 0. The van der Waals surface area contributed by atoms with Gasteiger partial charge >= 0.3 is 0 Å². The summed E-state index contributed by atoms with van der Waals surface area (Å²) < 4.78 is 5.49. The van der Waals surface area contributed by atoms with Crippen LogP contribution in [0.5, 0.6) is 11.6 Å². The Bertz CT molecular complexity index is 555. The normalized spacial score (nSPS) is 9.71. The van der Waals surface area contributed by atoms with Gasteiger partial charge in [0.2, 0.25) is 5.88 Å². The van der Waals surface area contributed by atoms with Gasteiger partial charge in [-0.25, -0.2) is 4.98 Å². The number of nitrogens with zero attached hydrogens (tertiary/aromatic N) is 3. The summed E-state index contributed by atoms with van der Waals surface area (Å²) in [4.78, 5) is 8.02. The molecule has 84 valence electrons. The molecular weight excluding hydrogens is 238 g/mol. The van der Waals surface area contributed by atoms with E-state index in [0.29, 0.717) is 28.2 Å². The first-order valence-corrected chi connectivity index (χ1v) is 5.24. The van der Waals surface area contributed by atoms with E-state index in [1.165, 1.54) is 6.07 Å². The Hall–Kier alpha value is -2.12. The number of hydrogen-bond acceptors (Lipinski definition) is 4. The highest BCUT2D eigenvalue weighted by molar-refractivity contribution is 6.29. The fourth-order valence-electron chi connectivity index (χ4n) is 1.28. The third kappa shape index (κ3) is 2.92. The molecule has 17 heavy (non-hydrogen) atoms. The fraction of sp³-hybridized carbons (Fsp3) is 0.0833. The lowest BCUT2D eigenvalue weighted by Crippen LogP contribution is -1.93. The zero-order valence-electron chi connectivity index (χ0n) is 9.01. The lowest BCUT2D eigenvalue weighted by molar-refractivity contribution is 0.460. The summed E-state index contributed by atoms with van der Waals surface area (Å²) in [5, 5.41) is 9.00. The second-order valence-electron chi connectivity index (χ2n) is 3.31. The van der Waals surface area contributed by atoms with Crippen LogP contribution in [0.2, 0.25) is 5.15 Å². The maximum atomic E-state index is 8.66. The Morgan fingerprint density at radius 1 is 1.24 bits per heavy atom. The van der Waals surface area contributed by atoms with Gasteiger partial charge < -0.3 is 4.74 Å². The molecule has 0 unspecified atom stereocenters. The van der Waals surface area contributed by atoms with Crippen molar-refractivity contribution in [2.24, 2.45) is 0 Å². The maximum absolute atomic E-state index is 8.66. The number of benzene rings is 1. The molecule has 0 fully saturated rings. The van der Waals surface area contributed by atoms with Crippen LogP contribution < -0.4 is 4.74 Å². The monoisotopic (exact) mass is 245 g/mol. The van der Waals surface area contributed by atoms with Gasteiger partial charge in [-0.2, -0.15) is 10.2 Å². The third-order valence-corrected chi connectivity index (χ3v) is 2.18. The number of nitriles is 1. The minimum absolute atomic E-state index is 0.334. The van der Waals surface area contributed by atoms with Gasteiger partial charge in [-0.15, -0.1) is 0 Å². The van der Waals surface area contributed by atoms with Crippen LogP contribution in [0.1, 0.15) is 11.4 Å². The second kappa shape index (κ2) is 4.81. The summed E-state index contributed by atoms with van der Waals surface area (Å²) in [6.45, 7) is 1.73. The van der Waals surface area contributed by atoms with Gasteiger partial charge in [0.15, 0.2) is 0 Å². The van der Waals surface area contributed by atoms with E-state index in [4.69, 9.17) is 21.6 Å². The molecule has 4 nitrogen and oxygen atoms in total. The molecular formula is C12H8ClN3O. The molecule has 0 radical (unpaired) electrons. The Morgan fingerprint density at radius 2 is 1.94 bits per heavy atom. The molecule has 0 saturated heterocycles. The van der Waals surface area contributed by atoms with Crippen molar-refractivity contribution in [3.63, 3.8) is 0 Å². The van der Waals surface area contributed by atoms with Crippen molar-refractivity contribution in [3.8, 4) is 17.7 Å². The first-order chi connectivity index (χ1) is 8.17. The quantitative estimate of drug-likeness (QED) is 0.763. The largest absolute Gasteiger partial charge is 0.439 e. The highest BCUT2D eigenvalue weighted by Gasteiger charge is 2.02. The van der Waals surface area contributed by atoms with E-state index in [2.05, 4.69) is 9.97 Å². The summed E-state index contributed by atoms with van der Waals surface area (Å²) in [6.07, 6.45) is 0. The molecule has 0 aliphatic carbocycles. The Labute approximate surface area is 103 Å². The van der Waals surface area contributed by atoms with Gasteiger partial charge in [0.05, 0.1) is 11.6 Å². The van der Waals surface area contributed by atoms with Crippen LogP contribution in [0.15, 0.2) is 30.3 Å². The molecule has 2 aromatic rings. The summed E-state index contributed by atoms with van der Waals surface area (Å²) in [5.41, 5.74) is 0.578. The van der Waals surface area contributed by atoms with E-state index < -0.39 is 0 Å². The van der Waals surface area contributed by atoms with Crippen LogP contribution >= 0.6 is 11.6 Å². The number of aromatic nitrogens is 2. The van der Waals surface area contributed by atoms with Gasteiger partial charge in [0.25, 0.3) is 0 Å².